The summed E-state index contributed by atoms with van der Waals surface area (Å²) in [7, 11) is 3.47. The predicted octanol–water partition coefficient (Wildman–Crippen LogP) is 2.89. The van der Waals surface area contributed by atoms with Crippen LogP contribution in [0.2, 0.25) is 0 Å². The molecule has 3 heterocycles. The van der Waals surface area contributed by atoms with Gasteiger partial charge < -0.3 is 14.4 Å². The number of aryl methyl sites for hydroxylation is 1. The second-order valence-electron chi connectivity index (χ2n) is 7.54. The molecule has 1 aliphatic rings. The first-order valence-electron chi connectivity index (χ1n) is 9.82. The summed E-state index contributed by atoms with van der Waals surface area (Å²) in [6, 6.07) is 3.70. The number of nitrogens with zero attached hydrogens (tertiary/aromatic N) is 3. The molecule has 3 rings (SSSR count). The lowest BCUT2D eigenvalue weighted by molar-refractivity contribution is -0.156. The van der Waals surface area contributed by atoms with Crippen LogP contribution in [0.15, 0.2) is 18.3 Å². The minimum absolute atomic E-state index is 0.0131. The van der Waals surface area contributed by atoms with Gasteiger partial charge in [0.1, 0.15) is 5.69 Å². The Morgan fingerprint density at radius 2 is 2.00 bits per heavy atom. The van der Waals surface area contributed by atoms with E-state index in [1.165, 1.54) is 7.11 Å². The van der Waals surface area contributed by atoms with Gasteiger partial charge >= 0.3 is 5.97 Å². The Hall–Kier alpha value is -2.41. The highest BCUT2D eigenvalue weighted by Gasteiger charge is 2.42. The van der Waals surface area contributed by atoms with E-state index in [-0.39, 0.29) is 18.2 Å². The molecule has 0 bridgehead atoms. The molecule has 0 spiro atoms. The van der Waals surface area contributed by atoms with Crippen molar-refractivity contribution in [2.45, 2.75) is 39.5 Å². The fraction of sp³-hybridized carbons (Fsp3) is 0.571. The summed E-state index contributed by atoms with van der Waals surface area (Å²) in [5, 5.41) is 0. The third kappa shape index (κ3) is 3.76. The SMILES string of the molecule is CCOc1cccn2c(C(=O)CCC3(C(=O)OC)CCN(C)CC3)c(C)nc12. The molecule has 0 aromatic carbocycles. The normalized spacial score (nSPS) is 16.9. The predicted molar refractivity (Wildman–Crippen MR) is 106 cm³/mol. The maximum absolute atomic E-state index is 13.1. The van der Waals surface area contributed by atoms with Crippen molar-refractivity contribution in [3.63, 3.8) is 0 Å². The average molecular weight is 387 g/mol. The first-order chi connectivity index (χ1) is 13.4. The number of imidazole rings is 1. The van der Waals surface area contributed by atoms with Gasteiger partial charge in [-0.15, -0.1) is 0 Å². The van der Waals surface area contributed by atoms with Crippen LogP contribution in [0, 0.1) is 12.3 Å². The molecule has 7 nitrogen and oxygen atoms in total. The number of carbonyl (C=O) groups excluding carboxylic acids is 2. The highest BCUT2D eigenvalue weighted by molar-refractivity contribution is 5.97. The summed E-state index contributed by atoms with van der Waals surface area (Å²) in [6.07, 6.45) is 4.03. The van der Waals surface area contributed by atoms with Gasteiger partial charge in [-0.25, -0.2) is 4.98 Å². The number of hydrogen-bond donors (Lipinski definition) is 0. The van der Waals surface area contributed by atoms with Gasteiger partial charge in [-0.05, 0) is 65.4 Å². The highest BCUT2D eigenvalue weighted by atomic mass is 16.5. The molecule has 0 atom stereocenters. The number of aromatic nitrogens is 2. The van der Waals surface area contributed by atoms with Crippen molar-refractivity contribution < 1.29 is 19.1 Å². The van der Waals surface area contributed by atoms with Gasteiger partial charge in [0.15, 0.2) is 17.2 Å². The Kier molecular flexibility index (Phi) is 6.03. The number of hydrogen-bond acceptors (Lipinski definition) is 6. The third-order valence-corrected chi connectivity index (χ3v) is 5.75. The molecule has 2 aromatic heterocycles. The number of likely N-dealkylation sites (tertiary alicyclic amines) is 1. The molecule has 0 aliphatic carbocycles. The van der Waals surface area contributed by atoms with Crippen molar-refractivity contribution >= 4 is 17.4 Å². The van der Waals surface area contributed by atoms with E-state index in [0.29, 0.717) is 48.7 Å². The van der Waals surface area contributed by atoms with E-state index in [4.69, 9.17) is 9.47 Å². The minimum atomic E-state index is -0.582. The molecule has 28 heavy (non-hydrogen) atoms. The number of fused-ring (bicyclic) bond motifs is 1. The van der Waals surface area contributed by atoms with Crippen LogP contribution >= 0.6 is 0 Å². The molecule has 7 heteroatoms. The van der Waals surface area contributed by atoms with Gasteiger partial charge in [-0.1, -0.05) is 0 Å². The summed E-state index contributed by atoms with van der Waals surface area (Å²) in [5.41, 5.74) is 1.30. The smallest absolute Gasteiger partial charge is 0.311 e. The standard InChI is InChI=1S/C21H29N3O4/c1-5-28-17-7-6-12-24-18(15(2)22-19(17)24)16(25)8-9-21(20(26)27-4)10-13-23(3)14-11-21/h6-7,12H,5,8-11,13-14H2,1-4H3. The molecule has 1 fully saturated rings. The lowest BCUT2D eigenvalue weighted by Crippen LogP contribution is -2.43. The third-order valence-electron chi connectivity index (χ3n) is 5.75. The lowest BCUT2D eigenvalue weighted by atomic mass is 9.74. The molecule has 0 amide bonds. The van der Waals surface area contributed by atoms with Crippen LogP contribution in [0.4, 0.5) is 0 Å². The zero-order chi connectivity index (χ0) is 20.3. The molecule has 0 N–H and O–H groups in total. The van der Waals surface area contributed by atoms with E-state index in [2.05, 4.69) is 9.88 Å². The topological polar surface area (TPSA) is 73.1 Å². The summed E-state index contributed by atoms with van der Waals surface area (Å²) in [4.78, 5) is 32.4. The van der Waals surface area contributed by atoms with Crippen molar-refractivity contribution in [3.05, 3.63) is 29.7 Å². The van der Waals surface area contributed by atoms with Gasteiger partial charge in [0.05, 0.1) is 24.8 Å². The van der Waals surface area contributed by atoms with E-state index in [0.717, 1.165) is 13.1 Å². The number of esters is 1. The van der Waals surface area contributed by atoms with Gasteiger partial charge in [0, 0.05) is 12.6 Å². The first-order valence-corrected chi connectivity index (χ1v) is 9.82. The van der Waals surface area contributed by atoms with Crippen LogP contribution in [0.3, 0.4) is 0 Å². The number of methoxy groups -OCH3 is 1. The van der Waals surface area contributed by atoms with E-state index in [1.54, 1.807) is 4.40 Å². The number of piperidine rings is 1. The maximum Gasteiger partial charge on any atom is 0.311 e. The number of rotatable bonds is 7. The Morgan fingerprint density at radius 1 is 1.29 bits per heavy atom. The van der Waals surface area contributed by atoms with E-state index >= 15 is 0 Å². The van der Waals surface area contributed by atoms with Crippen molar-refractivity contribution in [2.24, 2.45) is 5.41 Å². The quantitative estimate of drug-likeness (QED) is 0.537. The molecule has 152 valence electrons. The van der Waals surface area contributed by atoms with Gasteiger partial charge in [-0.3, -0.25) is 14.0 Å². The number of ketones is 1. The van der Waals surface area contributed by atoms with Gasteiger partial charge in [-0.2, -0.15) is 0 Å². The molecular formula is C21H29N3O4. The monoisotopic (exact) mass is 387 g/mol. The summed E-state index contributed by atoms with van der Waals surface area (Å²) < 4.78 is 12.5. The van der Waals surface area contributed by atoms with Crippen LogP contribution in [-0.4, -0.2) is 59.9 Å². The second kappa shape index (κ2) is 8.31. The summed E-state index contributed by atoms with van der Waals surface area (Å²) in [6.45, 7) is 5.94. The molecule has 0 unspecified atom stereocenters. The minimum Gasteiger partial charge on any atom is -0.490 e. The van der Waals surface area contributed by atoms with Crippen molar-refractivity contribution in [1.82, 2.24) is 14.3 Å². The Bertz CT molecular complexity index is 866. The van der Waals surface area contributed by atoms with Crippen molar-refractivity contribution in [3.8, 4) is 5.75 Å². The Balaban J connectivity index is 1.83. The maximum atomic E-state index is 13.1. The lowest BCUT2D eigenvalue weighted by Gasteiger charge is -2.38. The summed E-state index contributed by atoms with van der Waals surface area (Å²) in [5.74, 6) is 0.441. The molecule has 0 saturated carbocycles. The van der Waals surface area contributed by atoms with Gasteiger partial charge in [0.2, 0.25) is 0 Å². The van der Waals surface area contributed by atoms with Crippen molar-refractivity contribution in [1.29, 1.82) is 0 Å². The number of ether oxygens (including phenoxy) is 2. The second-order valence-corrected chi connectivity index (χ2v) is 7.54. The fourth-order valence-corrected chi connectivity index (χ4v) is 4.05. The molecule has 0 radical (unpaired) electrons. The van der Waals surface area contributed by atoms with Crippen LogP contribution in [0.1, 0.15) is 48.8 Å². The van der Waals surface area contributed by atoms with Crippen molar-refractivity contribution in [2.75, 3.05) is 33.9 Å². The Labute approximate surface area is 165 Å². The van der Waals surface area contributed by atoms with Crippen LogP contribution in [0.25, 0.3) is 5.65 Å². The zero-order valence-corrected chi connectivity index (χ0v) is 17.2. The molecular weight excluding hydrogens is 358 g/mol. The largest absolute Gasteiger partial charge is 0.490 e. The van der Waals surface area contributed by atoms with E-state index < -0.39 is 5.41 Å². The van der Waals surface area contributed by atoms with Gasteiger partial charge in [0.25, 0.3) is 0 Å². The zero-order valence-electron chi connectivity index (χ0n) is 17.2. The fourth-order valence-electron chi connectivity index (χ4n) is 4.05. The van der Waals surface area contributed by atoms with Crippen LogP contribution in [0.5, 0.6) is 5.75 Å². The average Bonchev–Trinajstić information content (AvgIpc) is 3.04. The first kappa shape index (κ1) is 20.3. The summed E-state index contributed by atoms with van der Waals surface area (Å²) >= 11 is 0. The molecule has 2 aromatic rings. The van der Waals surface area contributed by atoms with E-state index in [1.807, 2.05) is 39.2 Å². The highest BCUT2D eigenvalue weighted by Crippen LogP contribution is 2.38. The number of pyridine rings is 1. The van der Waals surface area contributed by atoms with E-state index in [9.17, 15) is 9.59 Å². The van der Waals surface area contributed by atoms with Crippen LogP contribution < -0.4 is 4.74 Å². The van der Waals surface area contributed by atoms with Crippen LogP contribution in [-0.2, 0) is 9.53 Å². The number of Topliss-reactive ketones (excluding diaryl/α,β-unsaturated/α-hetero) is 1. The molecule has 1 aliphatic heterocycles. The Morgan fingerprint density at radius 3 is 2.64 bits per heavy atom. The molecule has 1 saturated heterocycles. The number of carbonyl (C=O) groups is 2.